The van der Waals surface area contributed by atoms with Gasteiger partial charge in [-0.15, -0.1) is 24.0 Å². The molecule has 0 aliphatic carbocycles. The highest BCUT2D eigenvalue weighted by atomic mass is 127. The summed E-state index contributed by atoms with van der Waals surface area (Å²) in [6, 6.07) is 4.37. The van der Waals surface area contributed by atoms with Crippen molar-refractivity contribution >= 4 is 24.0 Å². The lowest BCUT2D eigenvalue weighted by Crippen LogP contribution is -1.86. The minimum absolute atomic E-state index is 0. The largest absolute Gasteiger partial charge is 0.493 e. The Morgan fingerprint density at radius 3 is 2.00 bits per heavy atom. The molecule has 0 N–H and O–H groups in total. The Hall–Kier alpha value is -0.250. The molecule has 0 fully saturated rings. The predicted molar refractivity (Wildman–Crippen MR) is 83.2 cm³/mol. The molecule has 16 heavy (non-hydrogen) atoms. The number of benzene rings is 1. The van der Waals surface area contributed by atoms with E-state index >= 15 is 0 Å². The van der Waals surface area contributed by atoms with E-state index in [-0.39, 0.29) is 24.0 Å². The van der Waals surface area contributed by atoms with Crippen LogP contribution in [0.4, 0.5) is 0 Å². The zero-order valence-electron chi connectivity index (χ0n) is 11.4. The van der Waals surface area contributed by atoms with E-state index in [9.17, 15) is 0 Å². The third kappa shape index (κ3) is 4.73. The molecule has 2 heteroatoms. The molecule has 0 radical (unpaired) electrons. The topological polar surface area (TPSA) is 9.23 Å². The Kier molecular flexibility index (Phi) is 11.3. The van der Waals surface area contributed by atoms with Gasteiger partial charge in [0.2, 0.25) is 0 Å². The minimum Gasteiger partial charge on any atom is -0.493 e. The monoisotopic (exact) mass is 336 g/mol. The Labute approximate surface area is 118 Å². The average Bonchev–Trinajstić information content (AvgIpc) is 2.72. The van der Waals surface area contributed by atoms with Crippen molar-refractivity contribution in [1.29, 1.82) is 0 Å². The summed E-state index contributed by atoms with van der Waals surface area (Å²) in [6.07, 6.45) is 1.08. The fourth-order valence-electron chi connectivity index (χ4n) is 1.45. The Morgan fingerprint density at radius 1 is 0.938 bits per heavy atom. The number of halogens is 1. The third-order valence-corrected chi connectivity index (χ3v) is 2.31. The maximum atomic E-state index is 5.43. The van der Waals surface area contributed by atoms with Crippen LogP contribution < -0.4 is 4.74 Å². The van der Waals surface area contributed by atoms with E-state index in [2.05, 4.69) is 26.0 Å². The lowest BCUT2D eigenvalue weighted by Gasteiger charge is -2.03. The molecule has 1 aromatic rings. The first-order valence-corrected chi connectivity index (χ1v) is 6.00. The number of aryl methyl sites for hydroxylation is 2. The fraction of sp³-hybridized carbons (Fsp3) is 0.571. The summed E-state index contributed by atoms with van der Waals surface area (Å²) in [5, 5.41) is 0. The quantitative estimate of drug-likeness (QED) is 0.612. The van der Waals surface area contributed by atoms with E-state index in [1.54, 1.807) is 0 Å². The highest BCUT2D eigenvalue weighted by molar-refractivity contribution is 14.0. The van der Waals surface area contributed by atoms with Gasteiger partial charge in [0.05, 0.1) is 6.61 Å². The smallest absolute Gasteiger partial charge is 0.122 e. The van der Waals surface area contributed by atoms with Gasteiger partial charge in [0.15, 0.2) is 0 Å². The molecule has 2 rings (SSSR count). The van der Waals surface area contributed by atoms with Crippen LogP contribution in [0.15, 0.2) is 12.1 Å². The van der Waals surface area contributed by atoms with Crippen LogP contribution in [0.3, 0.4) is 0 Å². The summed E-state index contributed by atoms with van der Waals surface area (Å²) >= 11 is 0. The molecule has 1 aromatic carbocycles. The fourth-order valence-corrected chi connectivity index (χ4v) is 1.45. The first-order chi connectivity index (χ1) is 7.27. The normalized spacial score (nSPS) is 10.6. The summed E-state index contributed by atoms with van der Waals surface area (Å²) in [5.74, 6) is 1.09. The minimum atomic E-state index is 0. The van der Waals surface area contributed by atoms with Crippen molar-refractivity contribution in [2.24, 2.45) is 0 Å². The lowest BCUT2D eigenvalue weighted by molar-refractivity contribution is 0.356. The van der Waals surface area contributed by atoms with Crippen molar-refractivity contribution in [3.05, 3.63) is 28.8 Å². The molecule has 0 atom stereocenters. The Balaban J connectivity index is 0. The predicted octanol–water partition coefficient (Wildman–Crippen LogP) is 4.91. The lowest BCUT2D eigenvalue weighted by atomic mass is 10.0. The molecule has 0 spiro atoms. The van der Waals surface area contributed by atoms with Gasteiger partial charge >= 0.3 is 0 Å². The number of hydrogen-bond acceptors (Lipinski definition) is 1. The first-order valence-electron chi connectivity index (χ1n) is 6.00. The second-order valence-corrected chi connectivity index (χ2v) is 3.14. The molecule has 0 saturated heterocycles. The second-order valence-electron chi connectivity index (χ2n) is 3.14. The molecular formula is C14H25IO. The number of rotatable bonds is 0. The van der Waals surface area contributed by atoms with Crippen molar-refractivity contribution < 1.29 is 4.74 Å². The van der Waals surface area contributed by atoms with Crippen LogP contribution in [-0.2, 0) is 6.42 Å². The molecule has 1 aliphatic rings. The third-order valence-electron chi connectivity index (χ3n) is 2.31. The van der Waals surface area contributed by atoms with E-state index in [1.165, 1.54) is 16.7 Å². The summed E-state index contributed by atoms with van der Waals surface area (Å²) in [5.41, 5.74) is 4.06. The number of hydrogen-bond donors (Lipinski definition) is 0. The zero-order chi connectivity index (χ0) is 11.8. The maximum Gasteiger partial charge on any atom is 0.122 e. The number of fused-ring (bicyclic) bond motifs is 1. The van der Waals surface area contributed by atoms with Gasteiger partial charge in [-0.2, -0.15) is 0 Å². The molecule has 1 aliphatic heterocycles. The Bertz CT molecular complexity index is 266. The van der Waals surface area contributed by atoms with Crippen molar-refractivity contribution in [3.8, 4) is 5.75 Å². The van der Waals surface area contributed by atoms with E-state index < -0.39 is 0 Å². The maximum absolute atomic E-state index is 5.43. The van der Waals surface area contributed by atoms with E-state index in [0.717, 1.165) is 18.8 Å². The van der Waals surface area contributed by atoms with Gasteiger partial charge in [0, 0.05) is 6.42 Å². The summed E-state index contributed by atoms with van der Waals surface area (Å²) < 4.78 is 5.43. The van der Waals surface area contributed by atoms with Crippen LogP contribution in [0, 0.1) is 13.8 Å². The molecule has 0 aromatic heterocycles. The standard InChI is InChI=1S/C10H12O.2C2H6.HI/c1-7-5-9-3-4-11-10(9)6-8(7)2;2*1-2;/h5-6H,3-4H2,1-2H3;2*1-2H3;1H. The molecule has 0 saturated carbocycles. The van der Waals surface area contributed by atoms with E-state index in [0.29, 0.717) is 0 Å². The number of ether oxygens (including phenoxy) is 1. The van der Waals surface area contributed by atoms with Crippen molar-refractivity contribution in [3.63, 3.8) is 0 Å². The molecule has 94 valence electrons. The van der Waals surface area contributed by atoms with Gasteiger partial charge in [-0.3, -0.25) is 0 Å². The molecular weight excluding hydrogens is 311 g/mol. The summed E-state index contributed by atoms with van der Waals surface area (Å²) in [7, 11) is 0. The van der Waals surface area contributed by atoms with Crippen LogP contribution in [0.1, 0.15) is 44.4 Å². The van der Waals surface area contributed by atoms with Gasteiger partial charge in [-0.05, 0) is 36.6 Å². The highest BCUT2D eigenvalue weighted by Crippen LogP contribution is 2.27. The molecule has 1 heterocycles. The van der Waals surface area contributed by atoms with Crippen LogP contribution >= 0.6 is 24.0 Å². The molecule has 0 amide bonds. The van der Waals surface area contributed by atoms with Crippen molar-refractivity contribution in [2.75, 3.05) is 6.61 Å². The van der Waals surface area contributed by atoms with Crippen molar-refractivity contribution in [2.45, 2.75) is 48.0 Å². The van der Waals surface area contributed by atoms with Crippen LogP contribution in [0.5, 0.6) is 5.75 Å². The Morgan fingerprint density at radius 2 is 1.44 bits per heavy atom. The van der Waals surface area contributed by atoms with Crippen molar-refractivity contribution in [1.82, 2.24) is 0 Å². The SMILES string of the molecule is CC.CC.Cc1cc2c(cc1C)OCC2.I. The summed E-state index contributed by atoms with van der Waals surface area (Å²) in [6.45, 7) is 13.1. The second kappa shape index (κ2) is 9.94. The van der Waals surface area contributed by atoms with Gasteiger partial charge in [-0.25, -0.2) is 0 Å². The highest BCUT2D eigenvalue weighted by Gasteiger charge is 2.12. The van der Waals surface area contributed by atoms with Crippen LogP contribution in [-0.4, -0.2) is 6.61 Å². The summed E-state index contributed by atoms with van der Waals surface area (Å²) in [4.78, 5) is 0. The van der Waals surface area contributed by atoms with E-state index in [4.69, 9.17) is 4.74 Å². The average molecular weight is 336 g/mol. The van der Waals surface area contributed by atoms with Gasteiger partial charge in [0.25, 0.3) is 0 Å². The first kappa shape index (κ1) is 18.1. The van der Waals surface area contributed by atoms with Gasteiger partial charge < -0.3 is 4.74 Å². The van der Waals surface area contributed by atoms with Gasteiger partial charge in [0.1, 0.15) is 5.75 Å². The molecule has 1 nitrogen and oxygen atoms in total. The van der Waals surface area contributed by atoms with Gasteiger partial charge in [-0.1, -0.05) is 33.8 Å². The molecule has 0 unspecified atom stereocenters. The van der Waals surface area contributed by atoms with E-state index in [1.807, 2.05) is 27.7 Å². The van der Waals surface area contributed by atoms with Crippen LogP contribution in [0.25, 0.3) is 0 Å². The molecule has 0 bridgehead atoms. The van der Waals surface area contributed by atoms with Crippen LogP contribution in [0.2, 0.25) is 0 Å². The zero-order valence-corrected chi connectivity index (χ0v) is 13.7.